The maximum Gasteiger partial charge on any atom is 0.122 e. The van der Waals surface area contributed by atoms with E-state index >= 15 is 0 Å². The van der Waals surface area contributed by atoms with Crippen LogP contribution >= 0.6 is 0 Å². The van der Waals surface area contributed by atoms with Crippen molar-refractivity contribution in [1.82, 2.24) is 5.32 Å². The summed E-state index contributed by atoms with van der Waals surface area (Å²) in [4.78, 5) is 0. The molecule has 1 aromatic carbocycles. The largest absolute Gasteiger partial charge is 0.497 e. The third kappa shape index (κ3) is 5.49. The Morgan fingerprint density at radius 3 is 2.63 bits per heavy atom. The van der Waals surface area contributed by atoms with Crippen molar-refractivity contribution in [3.05, 3.63) is 23.8 Å². The first-order valence-electron chi connectivity index (χ1n) is 6.83. The predicted octanol–water partition coefficient (Wildman–Crippen LogP) is 1.82. The van der Waals surface area contributed by atoms with Crippen molar-refractivity contribution in [3.63, 3.8) is 0 Å². The van der Waals surface area contributed by atoms with Crippen molar-refractivity contribution >= 4 is 0 Å². The summed E-state index contributed by atoms with van der Waals surface area (Å²) in [6.07, 6.45) is 2.04. The van der Waals surface area contributed by atoms with E-state index in [-0.39, 0.29) is 0 Å². The molecule has 0 aliphatic heterocycles. The maximum absolute atomic E-state index is 5.59. The Labute approximate surface area is 116 Å². The summed E-state index contributed by atoms with van der Waals surface area (Å²) in [5.74, 6) is 2.37. The molecule has 0 heterocycles. The van der Waals surface area contributed by atoms with Crippen LogP contribution in [0.4, 0.5) is 0 Å². The van der Waals surface area contributed by atoms with Gasteiger partial charge < -0.3 is 20.5 Å². The first kappa shape index (κ1) is 15.8. The molecule has 3 N–H and O–H groups in total. The van der Waals surface area contributed by atoms with E-state index in [1.807, 2.05) is 18.2 Å². The topological polar surface area (TPSA) is 56.5 Å². The molecule has 0 saturated heterocycles. The third-order valence-corrected chi connectivity index (χ3v) is 3.27. The van der Waals surface area contributed by atoms with Gasteiger partial charge in [0.05, 0.1) is 14.2 Å². The van der Waals surface area contributed by atoms with E-state index in [0.717, 1.165) is 44.0 Å². The monoisotopic (exact) mass is 266 g/mol. The number of rotatable bonds is 9. The molecule has 4 heteroatoms. The molecule has 0 aromatic heterocycles. The SMILES string of the molecule is COc1ccc(OC)c(CCNCCC(C)CN)c1. The molecule has 0 amide bonds. The summed E-state index contributed by atoms with van der Waals surface area (Å²) in [6, 6.07) is 5.90. The highest BCUT2D eigenvalue weighted by atomic mass is 16.5. The van der Waals surface area contributed by atoms with Crippen molar-refractivity contribution in [2.45, 2.75) is 19.8 Å². The zero-order valence-corrected chi connectivity index (χ0v) is 12.2. The van der Waals surface area contributed by atoms with Crippen molar-refractivity contribution in [3.8, 4) is 11.5 Å². The zero-order valence-electron chi connectivity index (χ0n) is 12.2. The molecule has 1 aromatic rings. The Morgan fingerprint density at radius 1 is 1.21 bits per heavy atom. The van der Waals surface area contributed by atoms with E-state index in [4.69, 9.17) is 15.2 Å². The summed E-state index contributed by atoms with van der Waals surface area (Å²) in [5.41, 5.74) is 6.76. The van der Waals surface area contributed by atoms with Crippen LogP contribution in [0.1, 0.15) is 18.9 Å². The second-order valence-electron chi connectivity index (χ2n) is 4.81. The van der Waals surface area contributed by atoms with Crippen LogP contribution in [0.3, 0.4) is 0 Å². The minimum atomic E-state index is 0.582. The molecule has 108 valence electrons. The highest BCUT2D eigenvalue weighted by molar-refractivity contribution is 5.40. The average molecular weight is 266 g/mol. The van der Waals surface area contributed by atoms with Gasteiger partial charge in [-0.05, 0) is 62.2 Å². The Bertz CT molecular complexity index is 369. The highest BCUT2D eigenvalue weighted by Crippen LogP contribution is 2.24. The molecule has 19 heavy (non-hydrogen) atoms. The van der Waals surface area contributed by atoms with Crippen LogP contribution in [0.2, 0.25) is 0 Å². The minimum absolute atomic E-state index is 0.582. The molecule has 0 aliphatic carbocycles. The van der Waals surface area contributed by atoms with Crippen LogP contribution < -0.4 is 20.5 Å². The van der Waals surface area contributed by atoms with Crippen LogP contribution in [0, 0.1) is 5.92 Å². The molecular formula is C15H26N2O2. The van der Waals surface area contributed by atoms with Gasteiger partial charge in [0, 0.05) is 0 Å². The standard InChI is InChI=1S/C15H26N2O2/c1-12(11-16)6-8-17-9-7-13-10-14(18-2)4-5-15(13)19-3/h4-5,10,12,17H,6-9,11,16H2,1-3H3. The van der Waals surface area contributed by atoms with Crippen molar-refractivity contribution < 1.29 is 9.47 Å². The molecule has 0 spiro atoms. The molecule has 4 nitrogen and oxygen atoms in total. The molecule has 0 fully saturated rings. The molecule has 1 atom stereocenters. The number of ether oxygens (including phenoxy) is 2. The fourth-order valence-corrected chi connectivity index (χ4v) is 1.89. The van der Waals surface area contributed by atoms with Crippen molar-refractivity contribution in [2.75, 3.05) is 33.9 Å². The fraction of sp³-hybridized carbons (Fsp3) is 0.600. The quantitative estimate of drug-likeness (QED) is 0.669. The Morgan fingerprint density at radius 2 is 2.00 bits per heavy atom. The number of benzene rings is 1. The Kier molecular flexibility index (Phi) is 7.30. The van der Waals surface area contributed by atoms with E-state index in [9.17, 15) is 0 Å². The number of hydrogen-bond acceptors (Lipinski definition) is 4. The normalized spacial score (nSPS) is 12.2. The van der Waals surface area contributed by atoms with Gasteiger partial charge in [0.1, 0.15) is 11.5 Å². The first-order chi connectivity index (χ1) is 9.21. The number of methoxy groups -OCH3 is 2. The highest BCUT2D eigenvalue weighted by Gasteiger charge is 2.05. The lowest BCUT2D eigenvalue weighted by molar-refractivity contribution is 0.398. The summed E-state index contributed by atoms with van der Waals surface area (Å²) >= 11 is 0. The van der Waals surface area contributed by atoms with Gasteiger partial charge in [0.15, 0.2) is 0 Å². The summed E-state index contributed by atoms with van der Waals surface area (Å²) in [5, 5.41) is 3.44. The van der Waals surface area contributed by atoms with E-state index in [1.54, 1.807) is 14.2 Å². The second-order valence-corrected chi connectivity index (χ2v) is 4.81. The van der Waals surface area contributed by atoms with Gasteiger partial charge in [0.25, 0.3) is 0 Å². The molecular weight excluding hydrogens is 240 g/mol. The molecule has 1 unspecified atom stereocenters. The van der Waals surface area contributed by atoms with Crippen molar-refractivity contribution in [1.29, 1.82) is 0 Å². The van der Waals surface area contributed by atoms with Crippen LogP contribution in [0.25, 0.3) is 0 Å². The Hall–Kier alpha value is -1.26. The first-order valence-corrected chi connectivity index (χ1v) is 6.83. The van der Waals surface area contributed by atoms with Crippen LogP contribution in [0.15, 0.2) is 18.2 Å². The Balaban J connectivity index is 2.39. The second kappa shape index (κ2) is 8.77. The van der Waals surface area contributed by atoms with E-state index in [0.29, 0.717) is 5.92 Å². The van der Waals surface area contributed by atoms with E-state index < -0.39 is 0 Å². The maximum atomic E-state index is 5.59. The number of nitrogens with one attached hydrogen (secondary N) is 1. The van der Waals surface area contributed by atoms with E-state index in [1.165, 1.54) is 5.56 Å². The van der Waals surface area contributed by atoms with Crippen LogP contribution in [0.5, 0.6) is 11.5 Å². The van der Waals surface area contributed by atoms with Gasteiger partial charge in [-0.1, -0.05) is 6.92 Å². The fourth-order valence-electron chi connectivity index (χ4n) is 1.89. The summed E-state index contributed by atoms with van der Waals surface area (Å²) in [6.45, 7) is 4.86. The van der Waals surface area contributed by atoms with Gasteiger partial charge >= 0.3 is 0 Å². The molecule has 0 saturated carbocycles. The molecule has 0 aliphatic rings. The van der Waals surface area contributed by atoms with Crippen LogP contribution in [-0.2, 0) is 6.42 Å². The number of hydrogen-bond donors (Lipinski definition) is 2. The lowest BCUT2D eigenvalue weighted by Crippen LogP contribution is -2.22. The summed E-state index contributed by atoms with van der Waals surface area (Å²) in [7, 11) is 3.37. The van der Waals surface area contributed by atoms with Gasteiger partial charge in [-0.3, -0.25) is 0 Å². The van der Waals surface area contributed by atoms with Gasteiger partial charge in [-0.2, -0.15) is 0 Å². The lowest BCUT2D eigenvalue weighted by atomic mass is 10.1. The predicted molar refractivity (Wildman–Crippen MR) is 79.0 cm³/mol. The van der Waals surface area contributed by atoms with Gasteiger partial charge in [0.2, 0.25) is 0 Å². The van der Waals surface area contributed by atoms with Gasteiger partial charge in [-0.15, -0.1) is 0 Å². The molecule has 0 radical (unpaired) electrons. The van der Waals surface area contributed by atoms with Crippen molar-refractivity contribution in [2.24, 2.45) is 11.7 Å². The average Bonchev–Trinajstić information content (AvgIpc) is 2.46. The lowest BCUT2D eigenvalue weighted by Gasteiger charge is -2.12. The zero-order chi connectivity index (χ0) is 14.1. The molecule has 0 bridgehead atoms. The molecule has 1 rings (SSSR count). The summed E-state index contributed by atoms with van der Waals surface area (Å²) < 4.78 is 10.6. The van der Waals surface area contributed by atoms with E-state index in [2.05, 4.69) is 12.2 Å². The minimum Gasteiger partial charge on any atom is -0.497 e. The van der Waals surface area contributed by atoms with Gasteiger partial charge in [-0.25, -0.2) is 0 Å². The number of nitrogens with two attached hydrogens (primary N) is 1. The van der Waals surface area contributed by atoms with Crippen LogP contribution in [-0.4, -0.2) is 33.9 Å². The smallest absolute Gasteiger partial charge is 0.122 e. The third-order valence-electron chi connectivity index (χ3n) is 3.27.